The van der Waals surface area contributed by atoms with E-state index in [1.54, 1.807) is 18.2 Å². The van der Waals surface area contributed by atoms with Crippen LogP contribution < -0.4 is 5.73 Å². The van der Waals surface area contributed by atoms with E-state index in [1.165, 1.54) is 11.1 Å². The summed E-state index contributed by atoms with van der Waals surface area (Å²) in [5, 5.41) is 0.351. The van der Waals surface area contributed by atoms with Gasteiger partial charge < -0.3 is 10.6 Å². The van der Waals surface area contributed by atoms with Gasteiger partial charge in [0.1, 0.15) is 0 Å². The van der Waals surface area contributed by atoms with E-state index in [9.17, 15) is 4.79 Å². The molecule has 2 aromatic rings. The second-order valence-electron chi connectivity index (χ2n) is 5.27. The average Bonchev–Trinajstić information content (AvgIpc) is 2.72. The predicted octanol–water partition coefficient (Wildman–Crippen LogP) is 3.16. The number of nitrogen functional groups attached to an aromatic ring is 1. The van der Waals surface area contributed by atoms with E-state index in [4.69, 9.17) is 17.3 Å². The lowest BCUT2D eigenvalue weighted by Crippen LogP contribution is -2.33. The fourth-order valence-electron chi connectivity index (χ4n) is 2.76. The third kappa shape index (κ3) is 2.74. The number of hydrogen-bond acceptors (Lipinski definition) is 2. The third-order valence-electron chi connectivity index (χ3n) is 3.97. The van der Waals surface area contributed by atoms with Crippen molar-refractivity contribution in [1.29, 1.82) is 0 Å². The van der Waals surface area contributed by atoms with Gasteiger partial charge in [0.2, 0.25) is 0 Å². The van der Waals surface area contributed by atoms with Crippen molar-refractivity contribution in [1.82, 2.24) is 4.90 Å². The van der Waals surface area contributed by atoms with Gasteiger partial charge in [-0.1, -0.05) is 41.9 Å². The molecule has 1 amide bonds. The molecule has 3 nitrogen and oxygen atoms in total. The van der Waals surface area contributed by atoms with Crippen LogP contribution in [0.4, 0.5) is 5.69 Å². The Morgan fingerprint density at radius 3 is 2.24 bits per heavy atom. The first-order chi connectivity index (χ1) is 10.2. The zero-order valence-electron chi connectivity index (χ0n) is 11.7. The van der Waals surface area contributed by atoms with E-state index >= 15 is 0 Å². The van der Waals surface area contributed by atoms with Crippen molar-refractivity contribution in [2.75, 3.05) is 18.8 Å². The van der Waals surface area contributed by atoms with Crippen LogP contribution in [0, 0.1) is 0 Å². The average molecular weight is 301 g/mol. The van der Waals surface area contributed by atoms with Crippen molar-refractivity contribution < 1.29 is 4.79 Å². The van der Waals surface area contributed by atoms with Crippen molar-refractivity contribution in [2.24, 2.45) is 0 Å². The molecule has 108 valence electrons. The number of nitrogens with zero attached hydrogens (tertiary/aromatic N) is 1. The lowest BCUT2D eigenvalue weighted by Gasteiger charge is -2.21. The molecule has 2 N–H and O–H groups in total. The zero-order valence-corrected chi connectivity index (χ0v) is 12.4. The molecular formula is C17H17ClN2O. The van der Waals surface area contributed by atoms with Crippen molar-refractivity contribution in [3.8, 4) is 0 Å². The monoisotopic (exact) mass is 300 g/mol. The molecule has 3 rings (SSSR count). The van der Waals surface area contributed by atoms with Crippen LogP contribution in [-0.4, -0.2) is 23.9 Å². The van der Waals surface area contributed by atoms with Crippen LogP contribution in [-0.2, 0) is 12.8 Å². The van der Waals surface area contributed by atoms with Crippen molar-refractivity contribution in [2.45, 2.75) is 12.8 Å². The van der Waals surface area contributed by atoms with Gasteiger partial charge in [-0.2, -0.15) is 0 Å². The quantitative estimate of drug-likeness (QED) is 0.822. The largest absolute Gasteiger partial charge is 0.398 e. The number of carbonyl (C=O) groups is 1. The highest BCUT2D eigenvalue weighted by molar-refractivity contribution is 6.36. The molecule has 2 aromatic carbocycles. The van der Waals surface area contributed by atoms with E-state index in [1.807, 2.05) is 17.0 Å². The van der Waals surface area contributed by atoms with Crippen LogP contribution in [0.25, 0.3) is 0 Å². The maximum atomic E-state index is 12.7. The number of rotatable bonds is 1. The summed E-state index contributed by atoms with van der Waals surface area (Å²) >= 11 is 6.16. The molecule has 0 bridgehead atoms. The highest BCUT2D eigenvalue weighted by Crippen LogP contribution is 2.25. The molecule has 0 aliphatic carbocycles. The molecule has 0 unspecified atom stereocenters. The second kappa shape index (κ2) is 5.78. The summed E-state index contributed by atoms with van der Waals surface area (Å²) in [7, 11) is 0. The van der Waals surface area contributed by atoms with Crippen LogP contribution in [0.2, 0.25) is 5.02 Å². The standard InChI is InChI=1S/C17H17ClN2O/c18-16-14(6-3-7-15(16)19)17(21)20-10-8-12-4-1-2-5-13(12)9-11-20/h1-7H,8-11,19H2. The summed E-state index contributed by atoms with van der Waals surface area (Å²) in [5.74, 6) is -0.0416. The molecule has 1 heterocycles. The predicted molar refractivity (Wildman–Crippen MR) is 85.6 cm³/mol. The number of nitrogens with two attached hydrogens (primary N) is 1. The van der Waals surface area contributed by atoms with Gasteiger partial charge in [-0.25, -0.2) is 0 Å². The third-order valence-corrected chi connectivity index (χ3v) is 4.39. The number of hydrogen-bond donors (Lipinski definition) is 1. The number of amides is 1. The van der Waals surface area contributed by atoms with Gasteiger partial charge in [-0.15, -0.1) is 0 Å². The Kier molecular flexibility index (Phi) is 3.84. The van der Waals surface area contributed by atoms with E-state index in [-0.39, 0.29) is 5.91 Å². The van der Waals surface area contributed by atoms with Crippen LogP contribution in [0.5, 0.6) is 0 Å². The van der Waals surface area contributed by atoms with Crippen molar-refractivity contribution in [3.05, 3.63) is 64.2 Å². The lowest BCUT2D eigenvalue weighted by atomic mass is 10.0. The molecule has 1 aliphatic heterocycles. The summed E-state index contributed by atoms with van der Waals surface area (Å²) in [6.07, 6.45) is 1.75. The molecule has 0 radical (unpaired) electrons. The van der Waals surface area contributed by atoms with Gasteiger partial charge in [-0.05, 0) is 36.1 Å². The van der Waals surface area contributed by atoms with Crippen LogP contribution in [0.3, 0.4) is 0 Å². The van der Waals surface area contributed by atoms with Gasteiger partial charge in [0.15, 0.2) is 0 Å². The molecule has 0 spiro atoms. The maximum absolute atomic E-state index is 12.7. The second-order valence-corrected chi connectivity index (χ2v) is 5.65. The minimum absolute atomic E-state index is 0.0416. The molecule has 0 atom stereocenters. The minimum atomic E-state index is -0.0416. The first-order valence-corrected chi connectivity index (χ1v) is 7.44. The Balaban J connectivity index is 1.83. The van der Waals surface area contributed by atoms with Gasteiger partial charge in [-0.3, -0.25) is 4.79 Å². The topological polar surface area (TPSA) is 46.3 Å². The molecule has 0 aromatic heterocycles. The first-order valence-electron chi connectivity index (χ1n) is 7.07. The smallest absolute Gasteiger partial charge is 0.255 e. The number of benzene rings is 2. The van der Waals surface area contributed by atoms with Gasteiger partial charge in [0.25, 0.3) is 5.91 Å². The zero-order chi connectivity index (χ0) is 14.8. The summed E-state index contributed by atoms with van der Waals surface area (Å²) in [4.78, 5) is 14.5. The van der Waals surface area contributed by atoms with Gasteiger partial charge >= 0.3 is 0 Å². The minimum Gasteiger partial charge on any atom is -0.398 e. The number of anilines is 1. The number of carbonyl (C=O) groups excluding carboxylic acids is 1. The van der Waals surface area contributed by atoms with Crippen LogP contribution in [0.15, 0.2) is 42.5 Å². The Hall–Kier alpha value is -2.00. The van der Waals surface area contributed by atoms with Crippen molar-refractivity contribution in [3.63, 3.8) is 0 Å². The first kappa shape index (κ1) is 14.0. The van der Waals surface area contributed by atoms with E-state index in [2.05, 4.69) is 12.1 Å². The molecule has 0 fully saturated rings. The fraction of sp³-hybridized carbons (Fsp3) is 0.235. The highest BCUT2D eigenvalue weighted by atomic mass is 35.5. The molecule has 1 aliphatic rings. The normalized spacial score (nSPS) is 14.4. The van der Waals surface area contributed by atoms with Gasteiger partial charge in [0, 0.05) is 13.1 Å². The van der Waals surface area contributed by atoms with E-state index in [0.29, 0.717) is 29.4 Å². The highest BCUT2D eigenvalue weighted by Gasteiger charge is 2.21. The maximum Gasteiger partial charge on any atom is 0.255 e. The Morgan fingerprint density at radius 2 is 1.62 bits per heavy atom. The van der Waals surface area contributed by atoms with E-state index < -0.39 is 0 Å². The van der Waals surface area contributed by atoms with Crippen LogP contribution >= 0.6 is 11.6 Å². The van der Waals surface area contributed by atoms with Gasteiger partial charge in [0.05, 0.1) is 16.3 Å². The Labute approximate surface area is 129 Å². The number of fused-ring (bicyclic) bond motifs is 1. The Bertz CT molecular complexity index is 657. The molecular weight excluding hydrogens is 284 g/mol. The molecule has 21 heavy (non-hydrogen) atoms. The Morgan fingerprint density at radius 1 is 1.00 bits per heavy atom. The van der Waals surface area contributed by atoms with Crippen molar-refractivity contribution >= 4 is 23.2 Å². The number of halogens is 1. The molecule has 4 heteroatoms. The fourth-order valence-corrected chi connectivity index (χ4v) is 2.96. The summed E-state index contributed by atoms with van der Waals surface area (Å²) in [6, 6.07) is 13.6. The molecule has 0 saturated carbocycles. The SMILES string of the molecule is Nc1cccc(C(=O)N2CCc3ccccc3CC2)c1Cl. The summed E-state index contributed by atoms with van der Waals surface area (Å²) in [5.41, 5.74) is 9.37. The summed E-state index contributed by atoms with van der Waals surface area (Å²) in [6.45, 7) is 1.42. The lowest BCUT2D eigenvalue weighted by molar-refractivity contribution is 0.0763. The van der Waals surface area contributed by atoms with E-state index in [0.717, 1.165) is 12.8 Å². The summed E-state index contributed by atoms with van der Waals surface area (Å²) < 4.78 is 0. The molecule has 0 saturated heterocycles. The van der Waals surface area contributed by atoms with Crippen LogP contribution in [0.1, 0.15) is 21.5 Å².